The van der Waals surface area contributed by atoms with Gasteiger partial charge in [-0.2, -0.15) is 0 Å². The molecule has 2 heteroatoms. The van der Waals surface area contributed by atoms with Gasteiger partial charge >= 0.3 is 0 Å². The molecule has 0 amide bonds. The second-order valence-corrected chi connectivity index (χ2v) is 4.52. The Balaban J connectivity index is 2.29. The molecule has 0 spiro atoms. The Morgan fingerprint density at radius 2 is 1.53 bits per heavy atom. The van der Waals surface area contributed by atoms with Crippen LogP contribution in [-0.4, -0.2) is 13.1 Å². The summed E-state index contributed by atoms with van der Waals surface area (Å²) in [6.45, 7) is 2.21. The summed E-state index contributed by atoms with van der Waals surface area (Å²) in [6.07, 6.45) is 2.50. The van der Waals surface area contributed by atoms with Gasteiger partial charge in [0.25, 0.3) is 0 Å². The van der Waals surface area contributed by atoms with Gasteiger partial charge in [0, 0.05) is 29.5 Å². The van der Waals surface area contributed by atoms with Crippen molar-refractivity contribution in [3.05, 3.63) is 52.7 Å². The molecule has 2 aromatic carbocycles. The topological polar surface area (TPSA) is 20.3 Å². The lowest BCUT2D eigenvalue weighted by Gasteiger charge is -2.18. The molecule has 1 heterocycles. The van der Waals surface area contributed by atoms with E-state index in [1.807, 2.05) is 30.3 Å². The smallest absolute Gasteiger partial charge is 0.186 e. The summed E-state index contributed by atoms with van der Waals surface area (Å²) in [6, 6.07) is 13.5. The molecule has 1 aliphatic heterocycles. The number of hydrogen-bond acceptors (Lipinski definition) is 2. The summed E-state index contributed by atoms with van der Waals surface area (Å²) < 4.78 is 0. The van der Waals surface area contributed by atoms with E-state index in [1.165, 1.54) is 18.5 Å². The third-order valence-electron chi connectivity index (χ3n) is 3.42. The largest absolute Gasteiger partial charge is 0.371 e. The van der Waals surface area contributed by atoms with Crippen molar-refractivity contribution in [1.29, 1.82) is 0 Å². The fourth-order valence-corrected chi connectivity index (χ4v) is 2.56. The first-order valence-corrected chi connectivity index (χ1v) is 6.13. The summed E-state index contributed by atoms with van der Waals surface area (Å²) in [5, 5.41) is 1.89. The zero-order valence-electron chi connectivity index (χ0n) is 9.73. The first-order chi connectivity index (χ1) is 8.36. The first-order valence-electron chi connectivity index (χ1n) is 6.13. The average Bonchev–Trinajstić information content (AvgIpc) is 2.81. The van der Waals surface area contributed by atoms with Crippen molar-refractivity contribution in [2.45, 2.75) is 12.8 Å². The summed E-state index contributed by atoms with van der Waals surface area (Å²) >= 11 is 0. The van der Waals surface area contributed by atoms with Gasteiger partial charge in [0.05, 0.1) is 0 Å². The molecular formula is C15H15NO. The highest BCUT2D eigenvalue weighted by Crippen LogP contribution is 2.27. The molecule has 1 fully saturated rings. The van der Waals surface area contributed by atoms with Gasteiger partial charge in [-0.25, -0.2) is 0 Å². The van der Waals surface area contributed by atoms with Gasteiger partial charge in [-0.1, -0.05) is 30.3 Å². The Kier molecular flexibility index (Phi) is 2.56. The summed E-state index contributed by atoms with van der Waals surface area (Å²) in [5.41, 5.74) is 1.30. The Hall–Kier alpha value is -1.83. The molecule has 1 saturated heterocycles. The van der Waals surface area contributed by atoms with Crippen LogP contribution in [0.15, 0.2) is 47.3 Å². The molecule has 0 unspecified atom stereocenters. The fraction of sp³-hybridized carbons (Fsp3) is 0.267. The molecule has 86 valence electrons. The van der Waals surface area contributed by atoms with E-state index in [0.29, 0.717) is 0 Å². The Labute approximate surface area is 100 Å². The number of fused-ring (bicyclic) bond motifs is 1. The van der Waals surface area contributed by atoms with Gasteiger partial charge in [-0.3, -0.25) is 4.79 Å². The molecule has 17 heavy (non-hydrogen) atoms. The van der Waals surface area contributed by atoms with E-state index in [4.69, 9.17) is 0 Å². The third kappa shape index (κ3) is 1.80. The lowest BCUT2D eigenvalue weighted by molar-refractivity contribution is 0.949. The Morgan fingerprint density at radius 1 is 0.824 bits per heavy atom. The van der Waals surface area contributed by atoms with Gasteiger partial charge in [-0.15, -0.1) is 0 Å². The molecule has 0 saturated carbocycles. The highest BCUT2D eigenvalue weighted by Gasteiger charge is 2.14. The van der Waals surface area contributed by atoms with E-state index in [-0.39, 0.29) is 5.43 Å². The van der Waals surface area contributed by atoms with E-state index in [1.54, 1.807) is 6.07 Å². The number of hydrogen-bond donors (Lipinski definition) is 0. The van der Waals surface area contributed by atoms with Crippen LogP contribution < -0.4 is 10.3 Å². The second kappa shape index (κ2) is 4.21. The predicted octanol–water partition coefficient (Wildman–Crippen LogP) is 2.80. The molecule has 2 nitrogen and oxygen atoms in total. The van der Waals surface area contributed by atoms with Crippen molar-refractivity contribution < 1.29 is 0 Å². The molecule has 3 rings (SSSR count). The maximum atomic E-state index is 11.9. The van der Waals surface area contributed by atoms with Crippen LogP contribution in [0.4, 0.5) is 5.69 Å². The molecule has 0 N–H and O–H groups in total. The third-order valence-corrected chi connectivity index (χ3v) is 3.42. The van der Waals surface area contributed by atoms with Gasteiger partial charge in [0.2, 0.25) is 0 Å². The van der Waals surface area contributed by atoms with Crippen LogP contribution in [0.25, 0.3) is 10.8 Å². The predicted molar refractivity (Wildman–Crippen MR) is 71.7 cm³/mol. The summed E-state index contributed by atoms with van der Waals surface area (Å²) in [7, 11) is 0. The zero-order chi connectivity index (χ0) is 11.7. The molecule has 0 bridgehead atoms. The van der Waals surface area contributed by atoms with Crippen LogP contribution in [0.5, 0.6) is 0 Å². The van der Waals surface area contributed by atoms with Crippen LogP contribution in [0.1, 0.15) is 12.8 Å². The molecule has 1 aliphatic rings. The second-order valence-electron chi connectivity index (χ2n) is 4.52. The SMILES string of the molecule is O=c1ccccc2c(N3CCCC3)cccc12. The number of rotatable bonds is 1. The first kappa shape index (κ1) is 10.3. The van der Waals surface area contributed by atoms with Crippen molar-refractivity contribution in [2.75, 3.05) is 18.0 Å². The van der Waals surface area contributed by atoms with Crippen LogP contribution >= 0.6 is 0 Å². The monoisotopic (exact) mass is 225 g/mol. The molecule has 0 aromatic heterocycles. The highest BCUT2D eigenvalue weighted by molar-refractivity contribution is 5.93. The highest BCUT2D eigenvalue weighted by atomic mass is 16.1. The Bertz CT molecular complexity index is 600. The van der Waals surface area contributed by atoms with Crippen LogP contribution in [-0.2, 0) is 0 Å². The van der Waals surface area contributed by atoms with Crippen molar-refractivity contribution in [3.63, 3.8) is 0 Å². The van der Waals surface area contributed by atoms with E-state index in [2.05, 4.69) is 11.0 Å². The molecule has 0 aliphatic carbocycles. The average molecular weight is 225 g/mol. The minimum absolute atomic E-state index is 0.103. The van der Waals surface area contributed by atoms with Gasteiger partial charge in [0.15, 0.2) is 5.43 Å². The Morgan fingerprint density at radius 3 is 2.35 bits per heavy atom. The lowest BCUT2D eigenvalue weighted by Crippen LogP contribution is -2.18. The number of benzene rings is 1. The van der Waals surface area contributed by atoms with Crippen molar-refractivity contribution in [1.82, 2.24) is 0 Å². The lowest BCUT2D eigenvalue weighted by atomic mass is 10.1. The van der Waals surface area contributed by atoms with Gasteiger partial charge in [-0.05, 0) is 25.0 Å². The minimum atomic E-state index is 0.103. The quantitative estimate of drug-likeness (QED) is 0.743. The molecule has 0 radical (unpaired) electrons. The van der Waals surface area contributed by atoms with E-state index in [0.717, 1.165) is 23.9 Å². The zero-order valence-corrected chi connectivity index (χ0v) is 9.73. The maximum Gasteiger partial charge on any atom is 0.186 e. The minimum Gasteiger partial charge on any atom is -0.371 e. The maximum absolute atomic E-state index is 11.9. The fourth-order valence-electron chi connectivity index (χ4n) is 2.56. The number of anilines is 1. The van der Waals surface area contributed by atoms with E-state index in [9.17, 15) is 4.79 Å². The van der Waals surface area contributed by atoms with E-state index < -0.39 is 0 Å². The van der Waals surface area contributed by atoms with Crippen molar-refractivity contribution in [3.8, 4) is 0 Å². The van der Waals surface area contributed by atoms with Crippen LogP contribution in [0.2, 0.25) is 0 Å². The van der Waals surface area contributed by atoms with Gasteiger partial charge < -0.3 is 4.90 Å². The summed E-state index contributed by atoms with van der Waals surface area (Å²) in [5.74, 6) is 0. The normalized spacial score (nSPS) is 15.4. The van der Waals surface area contributed by atoms with Crippen molar-refractivity contribution >= 4 is 16.5 Å². The number of nitrogens with zero attached hydrogens (tertiary/aromatic N) is 1. The standard InChI is InChI=1S/C15H15NO/c17-15-9-2-1-6-12-13(15)7-5-8-14(12)16-10-3-4-11-16/h1-2,5-9H,3-4,10-11H2. The van der Waals surface area contributed by atoms with Crippen LogP contribution in [0, 0.1) is 0 Å². The molecule has 2 aromatic rings. The van der Waals surface area contributed by atoms with Gasteiger partial charge in [0.1, 0.15) is 0 Å². The summed E-state index contributed by atoms with van der Waals surface area (Å²) in [4.78, 5) is 14.3. The van der Waals surface area contributed by atoms with E-state index >= 15 is 0 Å². The van der Waals surface area contributed by atoms with Crippen LogP contribution in [0.3, 0.4) is 0 Å². The molecule has 0 atom stereocenters. The van der Waals surface area contributed by atoms with Crippen molar-refractivity contribution in [2.24, 2.45) is 0 Å². The molecular weight excluding hydrogens is 210 g/mol.